The maximum Gasteiger partial charge on any atom is 0.223 e. The largest absolute Gasteiger partial charge is 0.314 e. The van der Waals surface area contributed by atoms with Crippen molar-refractivity contribution >= 4 is 21.7 Å². The van der Waals surface area contributed by atoms with Crippen LogP contribution in [0, 0.1) is 12.5 Å². The second-order valence-corrected chi connectivity index (χ2v) is 4.29. The van der Waals surface area contributed by atoms with Crippen molar-refractivity contribution in [3.8, 4) is 0 Å². The topological polar surface area (TPSA) is 4.36 Å². The zero-order valence-electron chi connectivity index (χ0n) is 6.42. The zero-order chi connectivity index (χ0) is 8.10. The highest BCUT2D eigenvalue weighted by Gasteiger charge is 2.23. The highest BCUT2D eigenvalue weighted by Crippen LogP contribution is 2.29. The fraction of sp³-hybridized carbons (Fsp3) is 0.875. The molecule has 0 unspecified atom stereocenters. The summed E-state index contributed by atoms with van der Waals surface area (Å²) < 4.78 is 0. The van der Waals surface area contributed by atoms with Gasteiger partial charge >= 0.3 is 0 Å². The summed E-state index contributed by atoms with van der Waals surface area (Å²) in [7, 11) is 6.97. The molecular formula is C8H12ClNS. The first-order valence-electron chi connectivity index (χ1n) is 3.97. The first kappa shape index (κ1) is 9.22. The van der Waals surface area contributed by atoms with E-state index in [1.54, 1.807) is 0 Å². The molecule has 1 nitrogen and oxygen atoms in total. The molecule has 0 spiro atoms. The SMILES string of the molecule is [C-]#[N+]C1CCC(CSCl)CC1. The fourth-order valence-electron chi connectivity index (χ4n) is 1.53. The molecule has 1 fully saturated rings. The van der Waals surface area contributed by atoms with Gasteiger partial charge in [0.25, 0.3) is 0 Å². The predicted molar refractivity (Wildman–Crippen MR) is 50.7 cm³/mol. The lowest BCUT2D eigenvalue weighted by Gasteiger charge is -2.20. The second-order valence-electron chi connectivity index (χ2n) is 3.08. The van der Waals surface area contributed by atoms with Crippen LogP contribution in [0.4, 0.5) is 0 Å². The van der Waals surface area contributed by atoms with Crippen LogP contribution in [0.25, 0.3) is 4.85 Å². The molecule has 1 rings (SSSR count). The summed E-state index contributed by atoms with van der Waals surface area (Å²) in [5, 5.41) is 0. The molecule has 0 heterocycles. The smallest absolute Gasteiger partial charge is 0.223 e. The minimum atomic E-state index is 0.312. The average molecular weight is 190 g/mol. The Morgan fingerprint density at radius 1 is 1.36 bits per heavy atom. The summed E-state index contributed by atoms with van der Waals surface area (Å²) in [6.07, 6.45) is 4.58. The van der Waals surface area contributed by atoms with Gasteiger partial charge in [0.2, 0.25) is 6.04 Å². The highest BCUT2D eigenvalue weighted by atomic mass is 35.7. The molecule has 0 bridgehead atoms. The first-order chi connectivity index (χ1) is 5.36. The van der Waals surface area contributed by atoms with Crippen LogP contribution in [0.15, 0.2) is 0 Å². The van der Waals surface area contributed by atoms with E-state index in [1.807, 2.05) is 0 Å². The Morgan fingerprint density at radius 2 is 2.00 bits per heavy atom. The molecule has 1 aliphatic rings. The minimum absolute atomic E-state index is 0.312. The van der Waals surface area contributed by atoms with Crippen LogP contribution in [-0.2, 0) is 0 Å². The predicted octanol–water partition coefficient (Wildman–Crippen LogP) is 3.35. The van der Waals surface area contributed by atoms with Gasteiger partial charge in [-0.3, -0.25) is 0 Å². The molecule has 62 valence electrons. The molecule has 0 aromatic rings. The van der Waals surface area contributed by atoms with Crippen LogP contribution in [0.5, 0.6) is 0 Å². The van der Waals surface area contributed by atoms with Crippen molar-refractivity contribution in [2.24, 2.45) is 5.92 Å². The molecule has 3 heteroatoms. The molecule has 0 aromatic heterocycles. The average Bonchev–Trinajstić information content (AvgIpc) is 2.07. The maximum atomic E-state index is 6.86. The fourth-order valence-corrected chi connectivity index (χ4v) is 2.58. The maximum absolute atomic E-state index is 6.86. The highest BCUT2D eigenvalue weighted by molar-refractivity contribution is 8.21. The molecule has 0 radical (unpaired) electrons. The summed E-state index contributed by atoms with van der Waals surface area (Å²) in [6, 6.07) is 0.312. The second kappa shape index (κ2) is 4.90. The minimum Gasteiger partial charge on any atom is -0.314 e. The van der Waals surface area contributed by atoms with Crippen molar-refractivity contribution < 1.29 is 0 Å². The Kier molecular flexibility index (Phi) is 4.11. The molecule has 1 aliphatic carbocycles. The van der Waals surface area contributed by atoms with Crippen LogP contribution in [0.2, 0.25) is 0 Å². The van der Waals surface area contributed by atoms with Crippen molar-refractivity contribution in [2.75, 3.05) is 5.75 Å². The summed E-state index contributed by atoms with van der Waals surface area (Å²) in [5.41, 5.74) is 0. The van der Waals surface area contributed by atoms with Crippen LogP contribution < -0.4 is 0 Å². The Bertz CT molecular complexity index is 147. The molecule has 0 aromatic carbocycles. The Balaban J connectivity index is 2.20. The van der Waals surface area contributed by atoms with Crippen molar-refractivity contribution in [2.45, 2.75) is 31.7 Å². The van der Waals surface area contributed by atoms with E-state index in [0.29, 0.717) is 6.04 Å². The summed E-state index contributed by atoms with van der Waals surface area (Å²) >= 11 is 0. The van der Waals surface area contributed by atoms with Gasteiger partial charge in [-0.1, -0.05) is 11.0 Å². The molecule has 0 aliphatic heterocycles. The van der Waals surface area contributed by atoms with E-state index in [0.717, 1.165) is 24.5 Å². The Hall–Kier alpha value is 0.130. The summed E-state index contributed by atoms with van der Waals surface area (Å²) in [6.45, 7) is 6.86. The van der Waals surface area contributed by atoms with E-state index >= 15 is 0 Å². The monoisotopic (exact) mass is 189 g/mol. The molecule has 0 saturated heterocycles. The number of nitrogens with zero attached hydrogens (tertiary/aromatic N) is 1. The third-order valence-electron chi connectivity index (χ3n) is 2.30. The van der Waals surface area contributed by atoms with E-state index in [1.165, 1.54) is 23.8 Å². The number of rotatable bonds is 2. The first-order valence-corrected chi connectivity index (χ1v) is 5.78. The number of halogens is 1. The number of hydrogen-bond acceptors (Lipinski definition) is 1. The lowest BCUT2D eigenvalue weighted by Crippen LogP contribution is -2.17. The van der Waals surface area contributed by atoms with Crippen molar-refractivity contribution in [3.63, 3.8) is 0 Å². The van der Waals surface area contributed by atoms with Crippen LogP contribution in [0.1, 0.15) is 25.7 Å². The van der Waals surface area contributed by atoms with Gasteiger partial charge in [-0.05, 0) is 29.4 Å². The van der Waals surface area contributed by atoms with E-state index in [4.69, 9.17) is 17.3 Å². The lowest BCUT2D eigenvalue weighted by molar-refractivity contribution is 0.377. The molecule has 11 heavy (non-hydrogen) atoms. The van der Waals surface area contributed by atoms with Gasteiger partial charge in [-0.25, -0.2) is 6.57 Å². The van der Waals surface area contributed by atoms with E-state index in [9.17, 15) is 0 Å². The lowest BCUT2D eigenvalue weighted by atomic mass is 9.88. The van der Waals surface area contributed by atoms with E-state index in [2.05, 4.69) is 4.85 Å². The summed E-state index contributed by atoms with van der Waals surface area (Å²) in [5.74, 6) is 1.84. The molecule has 0 N–H and O–H groups in total. The molecule has 0 amide bonds. The van der Waals surface area contributed by atoms with Gasteiger partial charge in [0.1, 0.15) is 0 Å². The third-order valence-corrected chi connectivity index (χ3v) is 3.27. The van der Waals surface area contributed by atoms with Gasteiger partial charge in [0.15, 0.2) is 0 Å². The Morgan fingerprint density at radius 3 is 2.45 bits per heavy atom. The van der Waals surface area contributed by atoms with E-state index < -0.39 is 0 Å². The standard InChI is InChI=1S/C8H12ClNS/c1-10-8-4-2-7(3-5-8)6-11-9/h7-8H,2-6H2. The van der Waals surface area contributed by atoms with Crippen LogP contribution in [-0.4, -0.2) is 11.8 Å². The van der Waals surface area contributed by atoms with Gasteiger partial charge in [-0.2, -0.15) is 0 Å². The van der Waals surface area contributed by atoms with Gasteiger partial charge in [0, 0.05) is 18.6 Å². The quantitative estimate of drug-likeness (QED) is 0.603. The van der Waals surface area contributed by atoms with Crippen LogP contribution in [0.3, 0.4) is 0 Å². The van der Waals surface area contributed by atoms with Crippen molar-refractivity contribution in [3.05, 3.63) is 11.4 Å². The normalized spacial score (nSPS) is 31.3. The third kappa shape index (κ3) is 2.92. The van der Waals surface area contributed by atoms with Crippen molar-refractivity contribution in [1.29, 1.82) is 0 Å². The van der Waals surface area contributed by atoms with Crippen molar-refractivity contribution in [1.82, 2.24) is 0 Å². The van der Waals surface area contributed by atoms with Crippen LogP contribution >= 0.6 is 21.7 Å². The van der Waals surface area contributed by atoms with Gasteiger partial charge in [0.05, 0.1) is 0 Å². The van der Waals surface area contributed by atoms with Gasteiger partial charge in [-0.15, -0.1) is 0 Å². The van der Waals surface area contributed by atoms with E-state index in [-0.39, 0.29) is 0 Å². The Labute approximate surface area is 76.8 Å². The molecule has 0 atom stereocenters. The number of hydrogen-bond donors (Lipinski definition) is 0. The molecule has 1 saturated carbocycles. The van der Waals surface area contributed by atoms with Gasteiger partial charge < -0.3 is 4.85 Å². The zero-order valence-corrected chi connectivity index (χ0v) is 8.00. The summed E-state index contributed by atoms with van der Waals surface area (Å²) in [4.78, 5) is 3.55. The molecular weight excluding hydrogens is 178 g/mol.